The summed E-state index contributed by atoms with van der Waals surface area (Å²) in [5, 5.41) is 1.48. The molecule has 1 fully saturated rings. The first-order valence-corrected chi connectivity index (χ1v) is 16.4. The maximum absolute atomic E-state index is 6.63. The Bertz CT molecular complexity index is 484. The largest absolute Gasteiger partial charge is 0.373 e. The number of hydrogen-bond donors (Lipinski definition) is 0. The molecule has 5 atom stereocenters. The molecule has 3 nitrogen and oxygen atoms in total. The van der Waals surface area contributed by atoms with Gasteiger partial charge in [-0.05, 0) is 81.3 Å². The first-order valence-electron chi connectivity index (χ1n) is 14.3. The molecule has 0 spiro atoms. The molecule has 204 valence electrons. The van der Waals surface area contributed by atoms with E-state index in [1.54, 1.807) is 0 Å². The van der Waals surface area contributed by atoms with Gasteiger partial charge >= 0.3 is 0 Å². The number of hydrogen-bond acceptors (Lipinski definition) is 5. The topological polar surface area (TPSA) is 27.7 Å². The number of thioether (sulfide) groups is 2. The van der Waals surface area contributed by atoms with E-state index in [0.717, 1.165) is 16.9 Å². The van der Waals surface area contributed by atoms with Gasteiger partial charge in [0.1, 0.15) is 0 Å². The van der Waals surface area contributed by atoms with Crippen LogP contribution in [0, 0.1) is 11.8 Å². The second-order valence-electron chi connectivity index (χ2n) is 11.3. The van der Waals surface area contributed by atoms with Gasteiger partial charge in [-0.25, -0.2) is 0 Å². The third-order valence-electron chi connectivity index (χ3n) is 6.50. The fraction of sp³-hybridized carbons (Fsp3) is 1.00. The summed E-state index contributed by atoms with van der Waals surface area (Å²) >= 11 is 4.17. The highest BCUT2D eigenvalue weighted by Crippen LogP contribution is 2.39. The fourth-order valence-corrected chi connectivity index (χ4v) is 6.52. The van der Waals surface area contributed by atoms with Crippen molar-refractivity contribution in [1.29, 1.82) is 0 Å². The average molecular weight is 519 g/mol. The van der Waals surface area contributed by atoms with E-state index in [4.69, 9.17) is 14.2 Å². The van der Waals surface area contributed by atoms with Gasteiger partial charge in [-0.3, -0.25) is 0 Å². The number of rotatable bonds is 19. The predicted molar refractivity (Wildman–Crippen MR) is 154 cm³/mol. The lowest BCUT2D eigenvalue weighted by atomic mass is 9.78. The molecule has 5 heteroatoms. The molecule has 34 heavy (non-hydrogen) atoms. The van der Waals surface area contributed by atoms with Gasteiger partial charge in [-0.1, -0.05) is 66.7 Å². The van der Waals surface area contributed by atoms with E-state index in [1.165, 1.54) is 62.9 Å². The second-order valence-corrected chi connectivity index (χ2v) is 14.7. The van der Waals surface area contributed by atoms with Crippen LogP contribution < -0.4 is 0 Å². The Morgan fingerprint density at radius 2 is 1.15 bits per heavy atom. The summed E-state index contributed by atoms with van der Waals surface area (Å²) < 4.78 is 19.5. The Labute approximate surface area is 222 Å². The van der Waals surface area contributed by atoms with Gasteiger partial charge in [0.25, 0.3) is 0 Å². The second kappa shape index (κ2) is 18.8. The van der Waals surface area contributed by atoms with Crippen molar-refractivity contribution in [2.45, 2.75) is 161 Å². The summed E-state index contributed by atoms with van der Waals surface area (Å²) in [5.41, 5.74) is 0. The average Bonchev–Trinajstić information content (AvgIpc) is 2.73. The number of unbranched alkanes of at least 4 members (excludes halogenated alkanes) is 5. The summed E-state index contributed by atoms with van der Waals surface area (Å²) in [5.74, 6) is 3.44. The third-order valence-corrected chi connectivity index (χ3v) is 8.89. The lowest BCUT2D eigenvalue weighted by Crippen LogP contribution is -2.53. The van der Waals surface area contributed by atoms with Crippen molar-refractivity contribution in [3.05, 3.63) is 0 Å². The quantitative estimate of drug-likeness (QED) is 0.159. The van der Waals surface area contributed by atoms with Gasteiger partial charge in [0.05, 0.1) is 24.4 Å². The van der Waals surface area contributed by atoms with Crippen LogP contribution in [0.5, 0.6) is 0 Å². The van der Waals surface area contributed by atoms with E-state index < -0.39 is 0 Å². The fourth-order valence-electron chi connectivity index (χ4n) is 4.83. The molecule has 0 amide bonds. The molecular formula is C29H58O3S2. The van der Waals surface area contributed by atoms with Gasteiger partial charge in [0.15, 0.2) is 6.29 Å². The lowest BCUT2D eigenvalue weighted by Gasteiger charge is -2.47. The standard InChI is InChI=1S/C29H58O3S2/c1-21(2)30-28-26(17-13-12-16-20-34-24(7)8)25(9)29(31-22(3)4)32-27(28)18-14-10-11-15-19-33-23(5)6/h21-29H,10-20H2,1-9H3/t25?,26?,27?,28-,29-/m0/s1. The molecule has 0 aromatic heterocycles. The van der Waals surface area contributed by atoms with E-state index in [2.05, 4.69) is 85.8 Å². The van der Waals surface area contributed by atoms with E-state index >= 15 is 0 Å². The van der Waals surface area contributed by atoms with Crippen LogP contribution in [0.2, 0.25) is 0 Å². The smallest absolute Gasteiger partial charge is 0.161 e. The van der Waals surface area contributed by atoms with Crippen LogP contribution >= 0.6 is 23.5 Å². The Morgan fingerprint density at radius 3 is 1.68 bits per heavy atom. The van der Waals surface area contributed by atoms with E-state index in [1.807, 2.05) is 0 Å². The Balaban J connectivity index is 2.69. The van der Waals surface area contributed by atoms with Crippen LogP contribution in [-0.4, -0.2) is 52.7 Å². The third kappa shape index (κ3) is 14.4. The highest BCUT2D eigenvalue weighted by molar-refractivity contribution is 8.00. The molecule has 1 rings (SSSR count). The van der Waals surface area contributed by atoms with Crippen LogP contribution in [0.1, 0.15) is 120 Å². The highest BCUT2D eigenvalue weighted by atomic mass is 32.2. The molecule has 0 radical (unpaired) electrons. The summed E-state index contributed by atoms with van der Waals surface area (Å²) in [6, 6.07) is 0. The van der Waals surface area contributed by atoms with Gasteiger partial charge in [-0.15, -0.1) is 0 Å². The van der Waals surface area contributed by atoms with Crippen LogP contribution in [-0.2, 0) is 14.2 Å². The molecular weight excluding hydrogens is 460 g/mol. The molecule has 0 N–H and O–H groups in total. The van der Waals surface area contributed by atoms with Crippen molar-refractivity contribution >= 4 is 23.5 Å². The maximum atomic E-state index is 6.63. The molecule has 0 aliphatic carbocycles. The number of ether oxygens (including phenoxy) is 3. The molecule has 0 aromatic carbocycles. The van der Waals surface area contributed by atoms with Gasteiger partial charge in [-0.2, -0.15) is 23.5 Å². The Morgan fingerprint density at radius 1 is 0.647 bits per heavy atom. The van der Waals surface area contributed by atoms with E-state index in [0.29, 0.717) is 11.8 Å². The van der Waals surface area contributed by atoms with Crippen molar-refractivity contribution in [2.24, 2.45) is 11.8 Å². The minimum absolute atomic E-state index is 0.110. The summed E-state index contributed by atoms with van der Waals surface area (Å²) in [4.78, 5) is 0. The van der Waals surface area contributed by atoms with Crippen molar-refractivity contribution in [3.63, 3.8) is 0 Å². The molecule has 1 aliphatic heterocycles. The van der Waals surface area contributed by atoms with Crippen molar-refractivity contribution in [1.82, 2.24) is 0 Å². The first-order chi connectivity index (χ1) is 16.1. The van der Waals surface area contributed by atoms with Crippen LogP contribution in [0.3, 0.4) is 0 Å². The molecule has 1 heterocycles. The summed E-state index contributed by atoms with van der Waals surface area (Å²) in [7, 11) is 0. The molecule has 1 saturated heterocycles. The van der Waals surface area contributed by atoms with Crippen molar-refractivity contribution in [2.75, 3.05) is 11.5 Å². The van der Waals surface area contributed by atoms with Crippen LogP contribution in [0.4, 0.5) is 0 Å². The molecule has 0 saturated carbocycles. The van der Waals surface area contributed by atoms with Gasteiger partial charge in [0.2, 0.25) is 0 Å². The predicted octanol–water partition coefficient (Wildman–Crippen LogP) is 8.98. The molecule has 0 aromatic rings. The van der Waals surface area contributed by atoms with Gasteiger partial charge < -0.3 is 14.2 Å². The molecule has 3 unspecified atom stereocenters. The summed E-state index contributed by atoms with van der Waals surface area (Å²) in [6.45, 7) is 20.1. The normalized spacial score (nSPS) is 25.9. The van der Waals surface area contributed by atoms with Crippen molar-refractivity contribution < 1.29 is 14.2 Å². The van der Waals surface area contributed by atoms with Crippen molar-refractivity contribution in [3.8, 4) is 0 Å². The zero-order chi connectivity index (χ0) is 25.5. The highest BCUT2D eigenvalue weighted by Gasteiger charge is 2.44. The lowest BCUT2D eigenvalue weighted by molar-refractivity contribution is -0.287. The minimum Gasteiger partial charge on any atom is -0.373 e. The summed E-state index contributed by atoms with van der Waals surface area (Å²) in [6.07, 6.45) is 12.0. The minimum atomic E-state index is -0.110. The molecule has 0 bridgehead atoms. The first kappa shape index (κ1) is 32.6. The van der Waals surface area contributed by atoms with E-state index in [-0.39, 0.29) is 30.7 Å². The SMILES string of the molecule is CC(C)O[C@H]1OC(CCCCCCSC(C)C)[C@@H](OC(C)C)C(CCCCCSC(C)C)C1C. The monoisotopic (exact) mass is 518 g/mol. The zero-order valence-corrected chi connectivity index (χ0v) is 25.6. The zero-order valence-electron chi connectivity index (χ0n) is 24.0. The van der Waals surface area contributed by atoms with Crippen LogP contribution in [0.15, 0.2) is 0 Å². The molecule has 1 aliphatic rings. The van der Waals surface area contributed by atoms with Gasteiger partial charge in [0, 0.05) is 5.92 Å². The van der Waals surface area contributed by atoms with E-state index in [9.17, 15) is 0 Å². The Hall–Kier alpha value is 0.580. The van der Waals surface area contributed by atoms with Crippen LogP contribution in [0.25, 0.3) is 0 Å². The Kier molecular flexibility index (Phi) is 18.0. The maximum Gasteiger partial charge on any atom is 0.161 e.